The van der Waals surface area contributed by atoms with E-state index in [-0.39, 0.29) is 17.7 Å². The van der Waals surface area contributed by atoms with Crippen LogP contribution in [0, 0.1) is 5.82 Å². The molecular formula is C16H25FN2O2. The number of rotatable bonds is 8. The van der Waals surface area contributed by atoms with E-state index in [1.807, 2.05) is 20.8 Å². The molecule has 0 saturated carbocycles. The smallest absolute Gasteiger partial charge is 0.260 e. The van der Waals surface area contributed by atoms with E-state index in [1.165, 1.54) is 6.07 Å². The van der Waals surface area contributed by atoms with Gasteiger partial charge in [0.2, 0.25) is 0 Å². The van der Waals surface area contributed by atoms with Gasteiger partial charge < -0.3 is 15.4 Å². The van der Waals surface area contributed by atoms with Crippen molar-refractivity contribution in [1.29, 1.82) is 0 Å². The highest BCUT2D eigenvalue weighted by atomic mass is 19.1. The van der Waals surface area contributed by atoms with E-state index in [4.69, 9.17) is 4.74 Å². The number of carbonyl (C=O) groups excluding carboxylic acids is 1. The maximum absolute atomic E-state index is 13.9. The summed E-state index contributed by atoms with van der Waals surface area (Å²) < 4.78 is 19.3. The first-order valence-electron chi connectivity index (χ1n) is 7.44. The topological polar surface area (TPSA) is 50.4 Å². The highest BCUT2D eigenvalue weighted by Crippen LogP contribution is 2.19. The summed E-state index contributed by atoms with van der Waals surface area (Å²) in [7, 11) is 0. The average Bonchev–Trinajstić information content (AvgIpc) is 2.47. The first kappa shape index (κ1) is 17.4. The van der Waals surface area contributed by atoms with Crippen molar-refractivity contribution in [3.63, 3.8) is 0 Å². The molecule has 0 bridgehead atoms. The zero-order valence-corrected chi connectivity index (χ0v) is 13.2. The van der Waals surface area contributed by atoms with Crippen LogP contribution >= 0.6 is 0 Å². The van der Waals surface area contributed by atoms with Gasteiger partial charge in [-0.3, -0.25) is 4.79 Å². The minimum Gasteiger partial charge on any atom is -0.478 e. The van der Waals surface area contributed by atoms with Crippen LogP contribution in [-0.4, -0.2) is 24.6 Å². The molecule has 1 aromatic rings. The lowest BCUT2D eigenvalue weighted by atomic mass is 10.2. The van der Waals surface area contributed by atoms with Crippen LogP contribution in [0.5, 0.6) is 5.75 Å². The molecule has 0 saturated heterocycles. The van der Waals surface area contributed by atoms with Gasteiger partial charge >= 0.3 is 0 Å². The van der Waals surface area contributed by atoms with Crippen molar-refractivity contribution in [1.82, 2.24) is 10.6 Å². The van der Waals surface area contributed by atoms with Crippen molar-refractivity contribution in [2.75, 3.05) is 6.54 Å². The Kier molecular flexibility index (Phi) is 7.15. The average molecular weight is 296 g/mol. The minimum absolute atomic E-state index is 0.0795. The van der Waals surface area contributed by atoms with Crippen LogP contribution in [0.2, 0.25) is 0 Å². The Morgan fingerprint density at radius 2 is 2.05 bits per heavy atom. The molecule has 1 rings (SSSR count). The van der Waals surface area contributed by atoms with Gasteiger partial charge in [0.25, 0.3) is 5.91 Å². The van der Waals surface area contributed by atoms with Crippen molar-refractivity contribution in [3.8, 4) is 5.75 Å². The monoisotopic (exact) mass is 296 g/mol. The van der Waals surface area contributed by atoms with Crippen molar-refractivity contribution >= 4 is 5.91 Å². The van der Waals surface area contributed by atoms with E-state index in [0.29, 0.717) is 6.54 Å². The third-order valence-corrected chi connectivity index (χ3v) is 3.25. The summed E-state index contributed by atoms with van der Waals surface area (Å²) in [5, 5.41) is 5.94. The van der Waals surface area contributed by atoms with E-state index >= 15 is 0 Å². The molecule has 21 heavy (non-hydrogen) atoms. The summed E-state index contributed by atoms with van der Waals surface area (Å²) in [4.78, 5) is 11.9. The van der Waals surface area contributed by atoms with Crippen molar-refractivity contribution in [3.05, 3.63) is 29.6 Å². The number of ether oxygens (including phenoxy) is 1. The molecule has 0 aliphatic rings. The Bertz CT molecular complexity index is 466. The van der Waals surface area contributed by atoms with Crippen LogP contribution in [0.1, 0.15) is 39.7 Å². The largest absolute Gasteiger partial charge is 0.478 e. The van der Waals surface area contributed by atoms with Gasteiger partial charge in [-0.1, -0.05) is 19.9 Å². The molecule has 0 spiro atoms. The molecule has 2 unspecified atom stereocenters. The number of benzene rings is 1. The third kappa shape index (κ3) is 5.71. The van der Waals surface area contributed by atoms with Crippen LogP contribution in [-0.2, 0) is 11.3 Å². The van der Waals surface area contributed by atoms with E-state index in [9.17, 15) is 9.18 Å². The Morgan fingerprint density at radius 1 is 1.33 bits per heavy atom. The summed E-state index contributed by atoms with van der Waals surface area (Å²) in [5.41, 5.74) is 0.846. The fourth-order valence-corrected chi connectivity index (χ4v) is 1.73. The summed E-state index contributed by atoms with van der Waals surface area (Å²) in [6.45, 7) is 8.94. The Labute approximate surface area is 126 Å². The normalized spacial score (nSPS) is 13.6. The van der Waals surface area contributed by atoms with Gasteiger partial charge in [0, 0.05) is 12.6 Å². The molecule has 1 amide bonds. The molecule has 2 atom stereocenters. The summed E-state index contributed by atoms with van der Waals surface area (Å²) in [6.07, 6.45) is 0.111. The predicted octanol–water partition coefficient (Wildman–Crippen LogP) is 2.62. The molecule has 4 nitrogen and oxygen atoms in total. The molecule has 0 aliphatic carbocycles. The quantitative estimate of drug-likeness (QED) is 0.775. The van der Waals surface area contributed by atoms with Crippen LogP contribution in [0.25, 0.3) is 0 Å². The van der Waals surface area contributed by atoms with Gasteiger partial charge in [-0.2, -0.15) is 0 Å². The van der Waals surface area contributed by atoms with Gasteiger partial charge in [-0.25, -0.2) is 4.39 Å². The lowest BCUT2D eigenvalue weighted by Gasteiger charge is -2.18. The minimum atomic E-state index is -0.729. The number of nitrogens with one attached hydrogen (secondary N) is 2. The lowest BCUT2D eigenvalue weighted by Crippen LogP contribution is -2.41. The first-order valence-corrected chi connectivity index (χ1v) is 7.44. The van der Waals surface area contributed by atoms with Crippen molar-refractivity contribution in [2.24, 2.45) is 0 Å². The fourth-order valence-electron chi connectivity index (χ4n) is 1.73. The van der Waals surface area contributed by atoms with E-state index < -0.39 is 11.9 Å². The molecular weight excluding hydrogens is 271 g/mol. The molecule has 0 fully saturated rings. The summed E-state index contributed by atoms with van der Waals surface area (Å²) in [6, 6.07) is 4.86. The van der Waals surface area contributed by atoms with E-state index in [2.05, 4.69) is 10.6 Å². The number of halogens is 1. The molecule has 5 heteroatoms. The maximum Gasteiger partial charge on any atom is 0.260 e. The molecule has 118 valence electrons. The zero-order chi connectivity index (χ0) is 15.8. The van der Waals surface area contributed by atoms with Crippen LogP contribution in [0.4, 0.5) is 4.39 Å². The summed E-state index contributed by atoms with van der Waals surface area (Å²) >= 11 is 0. The first-order chi connectivity index (χ1) is 9.97. The second kappa shape index (κ2) is 8.62. The molecule has 1 aromatic carbocycles. The zero-order valence-electron chi connectivity index (χ0n) is 13.2. The SMILES string of the molecule is CCNCc1ccc(OC(C)C(=O)NC(C)CC)c(F)c1. The van der Waals surface area contributed by atoms with E-state index in [1.54, 1.807) is 19.1 Å². The number of hydrogen-bond acceptors (Lipinski definition) is 3. The van der Waals surface area contributed by atoms with Gasteiger partial charge in [0.1, 0.15) is 0 Å². The molecule has 0 heterocycles. The lowest BCUT2D eigenvalue weighted by molar-refractivity contribution is -0.127. The van der Waals surface area contributed by atoms with Crippen molar-refractivity contribution in [2.45, 2.75) is 52.8 Å². The second-order valence-electron chi connectivity index (χ2n) is 5.12. The Hall–Kier alpha value is -1.62. The van der Waals surface area contributed by atoms with Gasteiger partial charge in [-0.15, -0.1) is 0 Å². The maximum atomic E-state index is 13.9. The third-order valence-electron chi connectivity index (χ3n) is 3.25. The second-order valence-corrected chi connectivity index (χ2v) is 5.12. The number of hydrogen-bond donors (Lipinski definition) is 2. The van der Waals surface area contributed by atoms with Crippen molar-refractivity contribution < 1.29 is 13.9 Å². The summed E-state index contributed by atoms with van der Waals surface area (Å²) in [5.74, 6) is -0.587. The van der Waals surface area contributed by atoms with Gasteiger partial charge in [0.05, 0.1) is 0 Å². The molecule has 0 radical (unpaired) electrons. The predicted molar refractivity (Wildman–Crippen MR) is 81.8 cm³/mol. The highest BCUT2D eigenvalue weighted by molar-refractivity contribution is 5.80. The fraction of sp³-hybridized carbons (Fsp3) is 0.562. The van der Waals surface area contributed by atoms with Crippen LogP contribution in [0.15, 0.2) is 18.2 Å². The van der Waals surface area contributed by atoms with Crippen LogP contribution in [0.3, 0.4) is 0 Å². The molecule has 2 N–H and O–H groups in total. The van der Waals surface area contributed by atoms with Gasteiger partial charge in [-0.05, 0) is 44.5 Å². The highest BCUT2D eigenvalue weighted by Gasteiger charge is 2.18. The Morgan fingerprint density at radius 3 is 2.62 bits per heavy atom. The van der Waals surface area contributed by atoms with Gasteiger partial charge in [0.15, 0.2) is 17.7 Å². The van der Waals surface area contributed by atoms with Crippen LogP contribution < -0.4 is 15.4 Å². The number of amides is 1. The standard InChI is InChI=1S/C16H25FN2O2/c1-5-11(3)19-16(20)12(4)21-15-8-7-13(9-14(15)17)10-18-6-2/h7-9,11-12,18H,5-6,10H2,1-4H3,(H,19,20). The Balaban J connectivity index is 2.63. The molecule has 0 aliphatic heterocycles. The molecule has 0 aromatic heterocycles. The number of carbonyl (C=O) groups is 1. The van der Waals surface area contributed by atoms with E-state index in [0.717, 1.165) is 18.5 Å².